The lowest BCUT2D eigenvalue weighted by Gasteiger charge is -2.10. The zero-order valence-corrected chi connectivity index (χ0v) is 12.0. The van der Waals surface area contributed by atoms with Crippen LogP contribution in [0.25, 0.3) is 0 Å². The molecule has 0 aliphatic rings. The van der Waals surface area contributed by atoms with E-state index < -0.39 is 0 Å². The van der Waals surface area contributed by atoms with Crippen molar-refractivity contribution in [3.63, 3.8) is 0 Å². The van der Waals surface area contributed by atoms with E-state index in [1.54, 1.807) is 0 Å². The fraction of sp³-hybridized carbons (Fsp3) is 0.692. The van der Waals surface area contributed by atoms with Crippen LogP contribution in [0, 0.1) is 6.92 Å². The van der Waals surface area contributed by atoms with Crippen LogP contribution in [0.2, 0.25) is 0 Å². The fourth-order valence-electron chi connectivity index (χ4n) is 1.73. The zero-order chi connectivity index (χ0) is 14.1. The maximum atomic E-state index is 10.8. The monoisotopic (exact) mass is 268 g/mol. The van der Waals surface area contributed by atoms with Gasteiger partial charge in [-0.25, -0.2) is 4.98 Å². The van der Waals surface area contributed by atoms with Gasteiger partial charge in [-0.3, -0.25) is 4.79 Å². The third-order valence-electron chi connectivity index (χ3n) is 2.58. The second-order valence-corrected chi connectivity index (χ2v) is 4.36. The Morgan fingerprint density at radius 3 is 2.95 bits per heavy atom. The zero-order valence-electron chi connectivity index (χ0n) is 12.0. The summed E-state index contributed by atoms with van der Waals surface area (Å²) in [4.78, 5) is 15.3. The van der Waals surface area contributed by atoms with Crippen LogP contribution >= 0.6 is 0 Å². The number of aromatic nitrogens is 2. The number of imidazole rings is 1. The van der Waals surface area contributed by atoms with Gasteiger partial charge in [0.05, 0.1) is 5.69 Å². The number of nitrogens with zero attached hydrogens (tertiary/aromatic N) is 2. The van der Waals surface area contributed by atoms with E-state index in [9.17, 15) is 4.79 Å². The first-order chi connectivity index (χ1) is 9.13. The molecule has 19 heavy (non-hydrogen) atoms. The number of anilines is 1. The Hall–Kier alpha value is -1.56. The number of nitrogens with one attached hydrogen (secondary N) is 2. The van der Waals surface area contributed by atoms with Gasteiger partial charge in [-0.1, -0.05) is 0 Å². The number of hydrogen-bond donors (Lipinski definition) is 2. The highest BCUT2D eigenvalue weighted by Crippen LogP contribution is 2.07. The van der Waals surface area contributed by atoms with Crippen LogP contribution in [-0.2, 0) is 16.1 Å². The maximum absolute atomic E-state index is 10.8. The SMILES string of the molecule is CCOCCCNc1nc(C)cn1CCNC(C)=O. The number of carbonyl (C=O) groups is 1. The maximum Gasteiger partial charge on any atom is 0.216 e. The molecule has 0 aliphatic heterocycles. The largest absolute Gasteiger partial charge is 0.382 e. The molecule has 0 fully saturated rings. The van der Waals surface area contributed by atoms with Crippen LogP contribution in [0.3, 0.4) is 0 Å². The van der Waals surface area contributed by atoms with Crippen molar-refractivity contribution in [1.82, 2.24) is 14.9 Å². The van der Waals surface area contributed by atoms with E-state index in [1.165, 1.54) is 6.92 Å². The van der Waals surface area contributed by atoms with Crippen molar-refractivity contribution >= 4 is 11.9 Å². The summed E-state index contributed by atoms with van der Waals surface area (Å²) in [6.07, 6.45) is 2.93. The van der Waals surface area contributed by atoms with Crippen molar-refractivity contribution in [2.24, 2.45) is 0 Å². The lowest BCUT2D eigenvalue weighted by Crippen LogP contribution is -2.25. The fourth-order valence-corrected chi connectivity index (χ4v) is 1.73. The number of amides is 1. The van der Waals surface area contributed by atoms with Gasteiger partial charge in [0.1, 0.15) is 0 Å². The lowest BCUT2D eigenvalue weighted by atomic mass is 10.4. The minimum atomic E-state index is -0.0111. The highest BCUT2D eigenvalue weighted by molar-refractivity contribution is 5.72. The second kappa shape index (κ2) is 8.53. The smallest absolute Gasteiger partial charge is 0.216 e. The number of carbonyl (C=O) groups excluding carboxylic acids is 1. The van der Waals surface area contributed by atoms with Crippen molar-refractivity contribution in [3.8, 4) is 0 Å². The minimum absolute atomic E-state index is 0.0111. The molecule has 0 aliphatic carbocycles. The van der Waals surface area contributed by atoms with E-state index in [-0.39, 0.29) is 5.91 Å². The van der Waals surface area contributed by atoms with Crippen LogP contribution < -0.4 is 10.6 Å². The Labute approximate surface area is 114 Å². The van der Waals surface area contributed by atoms with Gasteiger partial charge in [-0.05, 0) is 20.3 Å². The van der Waals surface area contributed by atoms with E-state index in [2.05, 4.69) is 15.6 Å². The first-order valence-corrected chi connectivity index (χ1v) is 6.73. The average Bonchev–Trinajstić information content (AvgIpc) is 2.69. The van der Waals surface area contributed by atoms with Gasteiger partial charge in [0, 0.05) is 46.0 Å². The highest BCUT2D eigenvalue weighted by atomic mass is 16.5. The molecule has 0 unspecified atom stereocenters. The van der Waals surface area contributed by atoms with Crippen LogP contribution in [0.15, 0.2) is 6.20 Å². The molecule has 1 aromatic heterocycles. The standard InChI is InChI=1S/C13H24N4O2/c1-4-19-9-5-6-15-13-16-11(2)10-17(13)8-7-14-12(3)18/h10H,4-9H2,1-3H3,(H,14,18)(H,15,16). The van der Waals surface area contributed by atoms with Gasteiger partial charge >= 0.3 is 0 Å². The summed E-state index contributed by atoms with van der Waals surface area (Å²) in [5.74, 6) is 0.836. The molecule has 0 atom stereocenters. The molecule has 6 nitrogen and oxygen atoms in total. The summed E-state index contributed by atoms with van der Waals surface area (Å²) in [6.45, 7) is 9.14. The predicted molar refractivity (Wildman–Crippen MR) is 75.2 cm³/mol. The Kier molecular flexibility index (Phi) is 6.95. The molecule has 0 spiro atoms. The molecule has 0 radical (unpaired) electrons. The lowest BCUT2D eigenvalue weighted by molar-refractivity contribution is -0.118. The Balaban J connectivity index is 2.37. The predicted octanol–water partition coefficient (Wildman–Crippen LogP) is 1.17. The van der Waals surface area contributed by atoms with Crippen LogP contribution in [-0.4, -0.2) is 41.8 Å². The Morgan fingerprint density at radius 2 is 2.26 bits per heavy atom. The van der Waals surface area contributed by atoms with Crippen LogP contribution in [0.4, 0.5) is 5.95 Å². The van der Waals surface area contributed by atoms with Gasteiger partial charge < -0.3 is 19.9 Å². The first kappa shape index (κ1) is 15.5. The molecule has 108 valence electrons. The van der Waals surface area contributed by atoms with Gasteiger partial charge in [0.15, 0.2) is 0 Å². The number of rotatable bonds is 9. The number of ether oxygens (including phenoxy) is 1. The van der Waals surface area contributed by atoms with Gasteiger partial charge in [-0.2, -0.15) is 0 Å². The Morgan fingerprint density at radius 1 is 1.47 bits per heavy atom. The second-order valence-electron chi connectivity index (χ2n) is 4.36. The van der Waals surface area contributed by atoms with E-state index in [0.717, 1.165) is 37.8 Å². The minimum Gasteiger partial charge on any atom is -0.382 e. The molecular weight excluding hydrogens is 244 g/mol. The summed E-state index contributed by atoms with van der Waals surface area (Å²) >= 11 is 0. The summed E-state index contributed by atoms with van der Waals surface area (Å²) < 4.78 is 7.30. The summed E-state index contributed by atoms with van der Waals surface area (Å²) in [5, 5.41) is 6.07. The molecule has 1 rings (SSSR count). The molecule has 1 heterocycles. The summed E-state index contributed by atoms with van der Waals surface area (Å²) in [5.41, 5.74) is 0.968. The molecule has 1 aromatic rings. The van der Waals surface area contributed by atoms with E-state index >= 15 is 0 Å². The topological polar surface area (TPSA) is 68.2 Å². The third kappa shape index (κ3) is 6.24. The quantitative estimate of drug-likeness (QED) is 0.660. The normalized spacial score (nSPS) is 10.5. The first-order valence-electron chi connectivity index (χ1n) is 6.73. The summed E-state index contributed by atoms with van der Waals surface area (Å²) in [7, 11) is 0. The van der Waals surface area contributed by atoms with Crippen molar-refractivity contribution in [3.05, 3.63) is 11.9 Å². The van der Waals surface area contributed by atoms with Crippen LogP contribution in [0.5, 0.6) is 0 Å². The van der Waals surface area contributed by atoms with Gasteiger partial charge in [-0.15, -0.1) is 0 Å². The number of aryl methyl sites for hydroxylation is 1. The van der Waals surface area contributed by atoms with E-state index in [4.69, 9.17) is 4.74 Å². The van der Waals surface area contributed by atoms with Crippen molar-refractivity contribution in [2.45, 2.75) is 33.7 Å². The molecule has 1 amide bonds. The third-order valence-corrected chi connectivity index (χ3v) is 2.58. The van der Waals surface area contributed by atoms with E-state index in [1.807, 2.05) is 24.6 Å². The van der Waals surface area contributed by atoms with Crippen molar-refractivity contribution < 1.29 is 9.53 Å². The average molecular weight is 268 g/mol. The van der Waals surface area contributed by atoms with Crippen LogP contribution in [0.1, 0.15) is 26.0 Å². The molecule has 0 saturated carbocycles. The molecule has 6 heteroatoms. The molecule has 0 aromatic carbocycles. The van der Waals surface area contributed by atoms with Gasteiger partial charge in [0.25, 0.3) is 0 Å². The van der Waals surface area contributed by atoms with Crippen molar-refractivity contribution in [1.29, 1.82) is 0 Å². The molecule has 0 saturated heterocycles. The van der Waals surface area contributed by atoms with E-state index in [0.29, 0.717) is 13.1 Å². The highest BCUT2D eigenvalue weighted by Gasteiger charge is 2.04. The molecule has 2 N–H and O–H groups in total. The summed E-state index contributed by atoms with van der Waals surface area (Å²) in [6, 6.07) is 0. The van der Waals surface area contributed by atoms with Gasteiger partial charge in [0.2, 0.25) is 11.9 Å². The van der Waals surface area contributed by atoms with Crippen molar-refractivity contribution in [2.75, 3.05) is 31.6 Å². The number of hydrogen-bond acceptors (Lipinski definition) is 4. The molecule has 0 bridgehead atoms. The Bertz CT molecular complexity index is 390. The molecular formula is C13H24N4O2.